The minimum atomic E-state index is -0.147. The SMILES string of the molecule is O=C1/N=C(/NC2CCCCC2)CCN2CCN1c1ccc(cc1)CCc1ccc(cc1)C2. The molecular formula is C27H34N4O. The van der Waals surface area contributed by atoms with Crippen molar-refractivity contribution in [1.29, 1.82) is 0 Å². The van der Waals surface area contributed by atoms with E-state index in [1.54, 1.807) is 0 Å². The van der Waals surface area contributed by atoms with Crippen molar-refractivity contribution in [3.8, 4) is 0 Å². The number of nitrogens with one attached hydrogen (secondary N) is 1. The van der Waals surface area contributed by atoms with Crippen molar-refractivity contribution < 1.29 is 4.79 Å². The molecule has 2 aromatic rings. The van der Waals surface area contributed by atoms with Gasteiger partial charge in [-0.2, -0.15) is 4.99 Å². The monoisotopic (exact) mass is 430 g/mol. The van der Waals surface area contributed by atoms with E-state index in [2.05, 4.69) is 63.7 Å². The molecule has 1 atom stereocenters. The number of aliphatic imine (C=N–C) groups is 1. The summed E-state index contributed by atoms with van der Waals surface area (Å²) in [4.78, 5) is 22.2. The van der Waals surface area contributed by atoms with Crippen LogP contribution < -0.4 is 10.2 Å². The highest BCUT2D eigenvalue weighted by Gasteiger charge is 2.23. The van der Waals surface area contributed by atoms with Crippen LogP contribution in [0.25, 0.3) is 0 Å². The van der Waals surface area contributed by atoms with Gasteiger partial charge in [-0.3, -0.25) is 9.80 Å². The van der Waals surface area contributed by atoms with Gasteiger partial charge in [-0.15, -0.1) is 0 Å². The summed E-state index contributed by atoms with van der Waals surface area (Å²) in [5.74, 6) is 0.854. The van der Waals surface area contributed by atoms with E-state index in [4.69, 9.17) is 0 Å². The normalized spacial score (nSPS) is 24.1. The zero-order valence-corrected chi connectivity index (χ0v) is 18.9. The second-order valence-electron chi connectivity index (χ2n) is 9.48. The lowest BCUT2D eigenvalue weighted by Gasteiger charge is -2.26. The second kappa shape index (κ2) is 9.86. The Kier molecular flexibility index (Phi) is 6.54. The first-order valence-electron chi connectivity index (χ1n) is 12.3. The number of rotatable bonds is 1. The van der Waals surface area contributed by atoms with Crippen molar-refractivity contribution in [3.63, 3.8) is 0 Å². The number of amidine groups is 1. The third-order valence-corrected chi connectivity index (χ3v) is 7.12. The number of amides is 2. The maximum atomic E-state index is 13.3. The molecule has 5 nitrogen and oxygen atoms in total. The quantitative estimate of drug-likeness (QED) is 0.697. The van der Waals surface area contributed by atoms with Crippen LogP contribution in [-0.4, -0.2) is 42.4 Å². The van der Waals surface area contributed by atoms with Crippen LogP contribution >= 0.6 is 0 Å². The second-order valence-corrected chi connectivity index (χ2v) is 9.48. The van der Waals surface area contributed by atoms with Crippen molar-refractivity contribution in [3.05, 3.63) is 65.2 Å². The lowest BCUT2D eigenvalue weighted by molar-refractivity contribution is 0.250. The van der Waals surface area contributed by atoms with Crippen LogP contribution in [0.1, 0.15) is 55.2 Å². The Morgan fingerprint density at radius 1 is 0.750 bits per heavy atom. The molecule has 1 N–H and O–H groups in total. The smallest absolute Gasteiger partial charge is 0.349 e. The highest BCUT2D eigenvalue weighted by molar-refractivity contribution is 6.01. The van der Waals surface area contributed by atoms with E-state index in [1.807, 2.05) is 4.90 Å². The first-order valence-corrected chi connectivity index (χ1v) is 12.3. The van der Waals surface area contributed by atoms with Gasteiger partial charge in [-0.1, -0.05) is 55.7 Å². The molecule has 1 saturated carbocycles. The molecule has 6 bridgehead atoms. The minimum absolute atomic E-state index is 0.147. The van der Waals surface area contributed by atoms with Crippen LogP contribution in [-0.2, 0) is 19.4 Å². The summed E-state index contributed by atoms with van der Waals surface area (Å²) < 4.78 is 0. The maximum Gasteiger partial charge on any atom is 0.349 e. The van der Waals surface area contributed by atoms with Gasteiger partial charge in [0.1, 0.15) is 5.84 Å². The molecule has 32 heavy (non-hydrogen) atoms. The highest BCUT2D eigenvalue weighted by atomic mass is 16.2. The van der Waals surface area contributed by atoms with E-state index >= 15 is 0 Å². The van der Waals surface area contributed by atoms with Crippen LogP contribution in [0.15, 0.2) is 53.5 Å². The van der Waals surface area contributed by atoms with Gasteiger partial charge < -0.3 is 5.32 Å². The lowest BCUT2D eigenvalue weighted by Crippen LogP contribution is -2.38. The van der Waals surface area contributed by atoms with Gasteiger partial charge in [0.2, 0.25) is 0 Å². The summed E-state index contributed by atoms with van der Waals surface area (Å²) >= 11 is 0. The molecule has 6 aliphatic rings. The Hall–Kier alpha value is -2.66. The summed E-state index contributed by atoms with van der Waals surface area (Å²) in [6, 6.07) is 17.9. The molecule has 8 rings (SSSR count). The number of nitrogens with zero attached hydrogens (tertiary/aromatic N) is 3. The molecule has 1 unspecified atom stereocenters. The molecule has 0 radical (unpaired) electrons. The van der Waals surface area contributed by atoms with E-state index in [0.29, 0.717) is 12.6 Å². The number of hydrogen-bond donors (Lipinski definition) is 1. The summed E-state index contributed by atoms with van der Waals surface area (Å²) in [6.45, 7) is 3.29. The maximum absolute atomic E-state index is 13.3. The molecule has 0 aromatic heterocycles. The largest absolute Gasteiger partial charge is 0.371 e. The fourth-order valence-electron chi connectivity index (χ4n) is 5.13. The van der Waals surface area contributed by atoms with E-state index < -0.39 is 0 Å². The summed E-state index contributed by atoms with van der Waals surface area (Å²) in [7, 11) is 0. The van der Waals surface area contributed by atoms with Gasteiger partial charge >= 0.3 is 6.03 Å². The number of aryl methyl sites for hydroxylation is 2. The standard InChI is InChI=1S/C27H34N4O/c32-27-29-26(28-24-4-2-1-3-5-24)16-17-30-18-19-31(27)25-14-12-22(13-15-25)7-6-21-8-10-23(20-30)11-9-21/h8-15,24H,1-7,16-20H2,(H,28,29,32). The predicted molar refractivity (Wildman–Crippen MR) is 130 cm³/mol. The van der Waals surface area contributed by atoms with E-state index in [1.165, 1.54) is 48.8 Å². The third kappa shape index (κ3) is 5.21. The van der Waals surface area contributed by atoms with Crippen LogP contribution in [0.3, 0.4) is 0 Å². The Balaban J connectivity index is 1.46. The van der Waals surface area contributed by atoms with Gasteiger partial charge in [0.15, 0.2) is 0 Å². The summed E-state index contributed by atoms with van der Waals surface area (Å²) in [6.07, 6.45) is 9.02. The Labute approximate surface area is 191 Å². The predicted octanol–water partition coefficient (Wildman–Crippen LogP) is 4.94. The molecule has 2 amide bonds. The number of carbonyl (C=O) groups is 1. The topological polar surface area (TPSA) is 47.9 Å². The zero-order valence-electron chi connectivity index (χ0n) is 18.9. The Bertz CT molecular complexity index is 945. The molecule has 5 aliphatic heterocycles. The molecule has 5 heterocycles. The number of carbonyl (C=O) groups excluding carboxylic acids is 1. The molecule has 2 aromatic carbocycles. The van der Waals surface area contributed by atoms with Crippen LogP contribution in [0.4, 0.5) is 10.5 Å². The van der Waals surface area contributed by atoms with Crippen molar-refractivity contribution in [1.82, 2.24) is 10.2 Å². The van der Waals surface area contributed by atoms with E-state index in [-0.39, 0.29) is 6.03 Å². The first kappa shape index (κ1) is 21.2. The Morgan fingerprint density at radius 2 is 1.41 bits per heavy atom. The average molecular weight is 431 g/mol. The van der Waals surface area contributed by atoms with Gasteiger partial charge in [-0.25, -0.2) is 4.79 Å². The molecule has 0 saturated heterocycles. The van der Waals surface area contributed by atoms with Crippen LogP contribution in [0, 0.1) is 0 Å². The van der Waals surface area contributed by atoms with Crippen molar-refractivity contribution in [2.45, 2.75) is 64.0 Å². The van der Waals surface area contributed by atoms with Crippen LogP contribution in [0.5, 0.6) is 0 Å². The molecule has 168 valence electrons. The summed E-state index contributed by atoms with van der Waals surface area (Å²) in [5.41, 5.74) is 4.95. The molecule has 0 spiro atoms. The average Bonchev–Trinajstić information content (AvgIpc) is 2.88. The van der Waals surface area contributed by atoms with Crippen molar-refractivity contribution >= 4 is 17.6 Å². The highest BCUT2D eigenvalue weighted by Crippen LogP contribution is 2.21. The van der Waals surface area contributed by atoms with Crippen LogP contribution in [0.2, 0.25) is 0 Å². The fourth-order valence-corrected chi connectivity index (χ4v) is 5.13. The zero-order chi connectivity index (χ0) is 21.8. The number of hydrogen-bond acceptors (Lipinski definition) is 3. The van der Waals surface area contributed by atoms with Gasteiger partial charge in [0.25, 0.3) is 0 Å². The number of benzene rings is 2. The van der Waals surface area contributed by atoms with Gasteiger partial charge in [0, 0.05) is 44.3 Å². The number of urea groups is 1. The van der Waals surface area contributed by atoms with E-state index in [9.17, 15) is 4.79 Å². The Morgan fingerprint density at radius 3 is 2.12 bits per heavy atom. The van der Waals surface area contributed by atoms with E-state index in [0.717, 1.165) is 50.4 Å². The van der Waals surface area contributed by atoms with Crippen molar-refractivity contribution in [2.75, 3.05) is 24.5 Å². The molecule has 1 aliphatic carbocycles. The van der Waals surface area contributed by atoms with Crippen molar-refractivity contribution in [2.24, 2.45) is 4.99 Å². The lowest BCUT2D eigenvalue weighted by atomic mass is 9.95. The molecule has 1 fully saturated rings. The first-order chi connectivity index (χ1) is 15.7. The number of anilines is 1. The summed E-state index contributed by atoms with van der Waals surface area (Å²) in [5, 5.41) is 3.64. The third-order valence-electron chi connectivity index (χ3n) is 7.12. The minimum Gasteiger partial charge on any atom is -0.371 e. The van der Waals surface area contributed by atoms with Gasteiger partial charge in [0.05, 0.1) is 0 Å². The fraction of sp³-hybridized carbons (Fsp3) is 0.481. The van der Waals surface area contributed by atoms with Gasteiger partial charge in [-0.05, 0) is 54.5 Å². The molecule has 5 heteroatoms. The molecular weight excluding hydrogens is 396 g/mol.